The maximum Gasteiger partial charge on any atom is 0.214 e. The van der Waals surface area contributed by atoms with Crippen molar-refractivity contribution >= 4 is 46.2 Å². The second kappa shape index (κ2) is 8.36. The van der Waals surface area contributed by atoms with E-state index in [-0.39, 0.29) is 0 Å². The molecule has 3 rings (SSSR count). The SMILES string of the molecule is CCCN(CCC)c1nccn2c(N(C)c3ccc(Cl)cc3Cl)nc(C)c12. The first-order chi connectivity index (χ1) is 13.0. The Balaban J connectivity index is 2.12. The van der Waals surface area contributed by atoms with E-state index < -0.39 is 0 Å². The first-order valence-corrected chi connectivity index (χ1v) is 10.0. The molecule has 0 radical (unpaired) electrons. The molecule has 0 N–H and O–H groups in total. The van der Waals surface area contributed by atoms with Crippen LogP contribution in [0.15, 0.2) is 30.6 Å². The third-order valence-corrected chi connectivity index (χ3v) is 5.09. The van der Waals surface area contributed by atoms with Gasteiger partial charge in [-0.3, -0.25) is 4.40 Å². The van der Waals surface area contributed by atoms with Gasteiger partial charge in [0.1, 0.15) is 5.52 Å². The molecule has 2 aromatic heterocycles. The molecule has 5 nitrogen and oxygen atoms in total. The van der Waals surface area contributed by atoms with Crippen LogP contribution in [0.4, 0.5) is 17.5 Å². The van der Waals surface area contributed by atoms with Crippen molar-refractivity contribution < 1.29 is 0 Å². The molecule has 0 spiro atoms. The number of anilines is 3. The predicted molar refractivity (Wildman–Crippen MR) is 115 cm³/mol. The molecule has 0 fully saturated rings. The first-order valence-electron chi connectivity index (χ1n) is 9.25. The van der Waals surface area contributed by atoms with E-state index in [0.29, 0.717) is 10.0 Å². The lowest BCUT2D eigenvalue weighted by Gasteiger charge is -2.24. The van der Waals surface area contributed by atoms with Crippen molar-refractivity contribution in [2.24, 2.45) is 0 Å². The fourth-order valence-corrected chi connectivity index (χ4v) is 3.90. The number of rotatable bonds is 7. The van der Waals surface area contributed by atoms with E-state index >= 15 is 0 Å². The summed E-state index contributed by atoms with van der Waals surface area (Å²) in [5, 5.41) is 1.20. The molecule has 0 bridgehead atoms. The van der Waals surface area contributed by atoms with Gasteiger partial charge in [-0.1, -0.05) is 37.0 Å². The molecular formula is C20H25Cl2N5. The van der Waals surface area contributed by atoms with Crippen LogP contribution in [0.5, 0.6) is 0 Å². The van der Waals surface area contributed by atoms with E-state index in [9.17, 15) is 0 Å². The van der Waals surface area contributed by atoms with Gasteiger partial charge in [-0.15, -0.1) is 0 Å². The fourth-order valence-electron chi connectivity index (χ4n) is 3.37. The molecule has 27 heavy (non-hydrogen) atoms. The van der Waals surface area contributed by atoms with Crippen molar-refractivity contribution in [1.29, 1.82) is 0 Å². The Morgan fingerprint density at radius 3 is 2.44 bits per heavy atom. The predicted octanol–water partition coefficient (Wildman–Crippen LogP) is 5.74. The lowest BCUT2D eigenvalue weighted by molar-refractivity contribution is 0.734. The highest BCUT2D eigenvalue weighted by Gasteiger charge is 2.20. The Labute approximate surface area is 170 Å². The number of imidazole rings is 1. The summed E-state index contributed by atoms with van der Waals surface area (Å²) in [5.41, 5.74) is 2.83. The molecule has 0 atom stereocenters. The summed E-state index contributed by atoms with van der Waals surface area (Å²) in [6.45, 7) is 8.34. The molecule has 7 heteroatoms. The van der Waals surface area contributed by atoms with Crippen LogP contribution in [0.3, 0.4) is 0 Å². The highest BCUT2D eigenvalue weighted by Crippen LogP contribution is 2.34. The summed E-state index contributed by atoms with van der Waals surface area (Å²) < 4.78 is 2.08. The number of hydrogen-bond acceptors (Lipinski definition) is 4. The van der Waals surface area contributed by atoms with Gasteiger partial charge in [0.05, 0.1) is 16.4 Å². The van der Waals surface area contributed by atoms with E-state index in [4.69, 9.17) is 28.2 Å². The fraction of sp³-hybridized carbons (Fsp3) is 0.400. The molecule has 0 unspecified atom stereocenters. The average molecular weight is 406 g/mol. The maximum absolute atomic E-state index is 6.41. The van der Waals surface area contributed by atoms with Crippen molar-refractivity contribution in [3.05, 3.63) is 46.3 Å². The van der Waals surface area contributed by atoms with Gasteiger partial charge in [-0.05, 0) is 38.0 Å². The van der Waals surface area contributed by atoms with E-state index in [0.717, 1.165) is 54.6 Å². The molecule has 144 valence electrons. The van der Waals surface area contributed by atoms with Gasteiger partial charge in [0, 0.05) is 37.6 Å². The molecule has 2 heterocycles. The largest absolute Gasteiger partial charge is 0.355 e. The number of nitrogens with zero attached hydrogens (tertiary/aromatic N) is 5. The van der Waals surface area contributed by atoms with Gasteiger partial charge in [-0.2, -0.15) is 0 Å². The van der Waals surface area contributed by atoms with Crippen molar-refractivity contribution in [3.63, 3.8) is 0 Å². The van der Waals surface area contributed by atoms with Crippen LogP contribution in [-0.4, -0.2) is 34.5 Å². The monoisotopic (exact) mass is 405 g/mol. The van der Waals surface area contributed by atoms with Gasteiger partial charge in [0.15, 0.2) is 5.82 Å². The van der Waals surface area contributed by atoms with Crippen molar-refractivity contribution in [2.45, 2.75) is 33.6 Å². The quantitative estimate of drug-likeness (QED) is 0.502. The van der Waals surface area contributed by atoms with Crippen LogP contribution >= 0.6 is 23.2 Å². The molecule has 0 aliphatic heterocycles. The highest BCUT2D eigenvalue weighted by molar-refractivity contribution is 6.36. The molecule has 0 aliphatic rings. The standard InChI is InChI=1S/C20H25Cl2N5/c1-5-10-26(11-6-2)19-18-14(3)24-20(27(18)12-9-23-19)25(4)17-8-7-15(21)13-16(17)22/h7-9,12-13H,5-6,10-11H2,1-4H3. The Kier molecular flexibility index (Phi) is 6.12. The molecule has 1 aromatic carbocycles. The van der Waals surface area contributed by atoms with Crippen LogP contribution < -0.4 is 9.80 Å². The smallest absolute Gasteiger partial charge is 0.214 e. The van der Waals surface area contributed by atoms with Gasteiger partial charge in [0.25, 0.3) is 0 Å². The van der Waals surface area contributed by atoms with Crippen LogP contribution in [0, 0.1) is 6.92 Å². The Morgan fingerprint density at radius 2 is 1.81 bits per heavy atom. The normalized spacial score (nSPS) is 11.2. The number of hydrogen-bond donors (Lipinski definition) is 0. The van der Waals surface area contributed by atoms with Crippen LogP contribution in [-0.2, 0) is 0 Å². The van der Waals surface area contributed by atoms with Crippen molar-refractivity contribution in [3.8, 4) is 0 Å². The zero-order chi connectivity index (χ0) is 19.6. The number of aryl methyl sites for hydroxylation is 1. The molecule has 0 aliphatic carbocycles. The average Bonchev–Trinajstić information content (AvgIpc) is 2.98. The Morgan fingerprint density at radius 1 is 1.11 bits per heavy atom. The summed E-state index contributed by atoms with van der Waals surface area (Å²) in [6.07, 6.45) is 5.93. The number of halogens is 2. The van der Waals surface area contributed by atoms with Crippen LogP contribution in [0.1, 0.15) is 32.4 Å². The lowest BCUT2D eigenvalue weighted by Crippen LogP contribution is -2.26. The summed E-state index contributed by atoms with van der Waals surface area (Å²) in [5.74, 6) is 1.77. The van der Waals surface area contributed by atoms with Gasteiger partial charge >= 0.3 is 0 Å². The molecule has 0 saturated carbocycles. The molecule has 3 aromatic rings. The zero-order valence-electron chi connectivity index (χ0n) is 16.2. The number of fused-ring (bicyclic) bond motifs is 1. The summed E-state index contributed by atoms with van der Waals surface area (Å²) in [7, 11) is 1.96. The van der Waals surface area contributed by atoms with E-state index in [2.05, 4.69) is 28.1 Å². The van der Waals surface area contributed by atoms with E-state index in [1.165, 1.54) is 0 Å². The second-order valence-corrected chi connectivity index (χ2v) is 7.45. The summed E-state index contributed by atoms with van der Waals surface area (Å²) in [6, 6.07) is 5.48. The first kappa shape index (κ1) is 19.8. The van der Waals surface area contributed by atoms with Crippen LogP contribution in [0.2, 0.25) is 10.0 Å². The molecule has 0 saturated heterocycles. The van der Waals surface area contributed by atoms with Crippen molar-refractivity contribution in [1.82, 2.24) is 14.4 Å². The summed E-state index contributed by atoms with van der Waals surface area (Å²) >= 11 is 12.5. The topological polar surface area (TPSA) is 36.7 Å². The minimum Gasteiger partial charge on any atom is -0.355 e. The zero-order valence-corrected chi connectivity index (χ0v) is 17.7. The Bertz CT molecular complexity index is 932. The maximum atomic E-state index is 6.41. The third-order valence-electron chi connectivity index (χ3n) is 4.55. The minimum atomic E-state index is 0.590. The number of aromatic nitrogens is 3. The number of benzene rings is 1. The molecular weight excluding hydrogens is 381 g/mol. The van der Waals surface area contributed by atoms with Gasteiger partial charge in [-0.25, -0.2) is 9.97 Å². The van der Waals surface area contributed by atoms with E-state index in [1.807, 2.05) is 43.4 Å². The van der Waals surface area contributed by atoms with E-state index in [1.54, 1.807) is 6.07 Å². The Hall–Kier alpha value is -1.98. The van der Waals surface area contributed by atoms with Gasteiger partial charge < -0.3 is 9.80 Å². The lowest BCUT2D eigenvalue weighted by atomic mass is 10.3. The highest BCUT2D eigenvalue weighted by atomic mass is 35.5. The molecule has 0 amide bonds. The minimum absolute atomic E-state index is 0.590. The summed E-state index contributed by atoms with van der Waals surface area (Å²) in [4.78, 5) is 13.8. The third kappa shape index (κ3) is 3.85. The van der Waals surface area contributed by atoms with Gasteiger partial charge in [0.2, 0.25) is 5.95 Å². The van der Waals surface area contributed by atoms with Crippen LogP contribution in [0.25, 0.3) is 5.52 Å². The second-order valence-electron chi connectivity index (χ2n) is 6.61. The van der Waals surface area contributed by atoms with Crippen molar-refractivity contribution in [2.75, 3.05) is 29.9 Å².